The molecular weight excluding hydrogens is 463 g/mol. The van der Waals surface area contributed by atoms with Gasteiger partial charge in [0.25, 0.3) is 5.91 Å². The summed E-state index contributed by atoms with van der Waals surface area (Å²) in [6.45, 7) is 4.26. The molecule has 0 unspecified atom stereocenters. The Bertz CT molecular complexity index is 1220. The zero-order valence-corrected chi connectivity index (χ0v) is 20.2. The maximum atomic E-state index is 13.2. The highest BCUT2D eigenvalue weighted by molar-refractivity contribution is 5.95. The van der Waals surface area contributed by atoms with Gasteiger partial charge in [-0.1, -0.05) is 12.1 Å². The lowest BCUT2D eigenvalue weighted by Crippen LogP contribution is -2.42. The molecule has 5 rings (SSSR count). The Morgan fingerprint density at radius 1 is 1.11 bits per heavy atom. The van der Waals surface area contributed by atoms with Crippen molar-refractivity contribution in [3.63, 3.8) is 0 Å². The topological polar surface area (TPSA) is 85.7 Å². The van der Waals surface area contributed by atoms with Crippen LogP contribution in [0.4, 0.5) is 10.1 Å². The van der Waals surface area contributed by atoms with Crippen molar-refractivity contribution in [1.29, 1.82) is 0 Å². The van der Waals surface area contributed by atoms with Crippen molar-refractivity contribution in [3.8, 4) is 5.75 Å². The number of hydrogen-bond acceptors (Lipinski definition) is 5. The van der Waals surface area contributed by atoms with E-state index in [1.165, 1.54) is 12.1 Å². The van der Waals surface area contributed by atoms with E-state index in [4.69, 9.17) is 9.47 Å². The number of likely N-dealkylation sites (tertiary alicyclic amines) is 1. The van der Waals surface area contributed by atoms with E-state index in [2.05, 4.69) is 10.3 Å². The number of ether oxygens (including phenoxy) is 2. The van der Waals surface area contributed by atoms with Crippen LogP contribution < -0.4 is 10.1 Å². The lowest BCUT2D eigenvalue weighted by atomic mass is 9.95. The van der Waals surface area contributed by atoms with Gasteiger partial charge in [-0.3, -0.25) is 9.59 Å². The second-order valence-electron chi connectivity index (χ2n) is 9.06. The predicted molar refractivity (Wildman–Crippen MR) is 131 cm³/mol. The average molecular weight is 493 g/mol. The first kappa shape index (κ1) is 24.0. The van der Waals surface area contributed by atoms with Crippen molar-refractivity contribution in [2.45, 2.75) is 39.0 Å². The molecular formula is C27H29FN4O4. The van der Waals surface area contributed by atoms with Gasteiger partial charge in [0, 0.05) is 24.7 Å². The zero-order chi connectivity index (χ0) is 25.1. The van der Waals surface area contributed by atoms with Gasteiger partial charge in [-0.25, -0.2) is 9.37 Å². The monoisotopic (exact) mass is 492 g/mol. The third-order valence-corrected chi connectivity index (χ3v) is 6.76. The summed E-state index contributed by atoms with van der Waals surface area (Å²) in [7, 11) is 0. The summed E-state index contributed by atoms with van der Waals surface area (Å²) in [6.07, 6.45) is 2.63. The summed E-state index contributed by atoms with van der Waals surface area (Å²) in [5.74, 6) is 0.142. The Hall–Kier alpha value is -3.72. The number of nitrogens with zero attached hydrogens (tertiary/aromatic N) is 3. The fourth-order valence-corrected chi connectivity index (χ4v) is 4.72. The number of carbonyl (C=O) groups excluding carboxylic acids is 2. The molecule has 1 N–H and O–H groups in total. The highest BCUT2D eigenvalue weighted by atomic mass is 19.1. The fourth-order valence-electron chi connectivity index (χ4n) is 4.72. The van der Waals surface area contributed by atoms with E-state index < -0.39 is 0 Å². The molecule has 0 bridgehead atoms. The SMILES string of the molecule is CCOc1ccc(NC(=O)C2CCN(C(=O)c3ncn4c3CO[C@@H](c3ccc(F)cc3)C4)CC2)cc1. The summed E-state index contributed by atoms with van der Waals surface area (Å²) < 4.78 is 26.6. The number of piperidine rings is 1. The molecule has 1 aromatic heterocycles. The molecule has 0 aliphatic carbocycles. The zero-order valence-electron chi connectivity index (χ0n) is 20.2. The third-order valence-electron chi connectivity index (χ3n) is 6.76. The van der Waals surface area contributed by atoms with E-state index >= 15 is 0 Å². The first-order valence-corrected chi connectivity index (χ1v) is 12.3. The van der Waals surface area contributed by atoms with Gasteiger partial charge in [0.2, 0.25) is 5.91 Å². The number of benzene rings is 2. The van der Waals surface area contributed by atoms with Crippen LogP contribution in [0.15, 0.2) is 54.9 Å². The molecule has 2 amide bonds. The molecule has 0 saturated carbocycles. The van der Waals surface area contributed by atoms with E-state index in [9.17, 15) is 14.0 Å². The van der Waals surface area contributed by atoms with Gasteiger partial charge in [0.15, 0.2) is 5.69 Å². The molecule has 2 aliphatic heterocycles. The van der Waals surface area contributed by atoms with Crippen LogP contribution in [0.2, 0.25) is 0 Å². The van der Waals surface area contributed by atoms with Crippen molar-refractivity contribution < 1.29 is 23.5 Å². The second-order valence-corrected chi connectivity index (χ2v) is 9.06. The molecule has 0 spiro atoms. The number of nitrogens with one attached hydrogen (secondary N) is 1. The standard InChI is InChI=1S/C27H29FN4O4/c1-2-35-22-9-7-21(8-10-22)30-26(33)19-11-13-31(14-12-19)27(34)25-23-16-36-24(15-32(23)17-29-25)18-3-5-20(28)6-4-18/h3-10,17,19,24H,2,11-16H2,1H3,(H,30,33)/t24-/m1/s1. The number of fused-ring (bicyclic) bond motifs is 1. The van der Waals surface area contributed by atoms with Gasteiger partial charge < -0.3 is 24.3 Å². The van der Waals surface area contributed by atoms with Crippen LogP contribution in [0.25, 0.3) is 0 Å². The van der Waals surface area contributed by atoms with Gasteiger partial charge in [0.05, 0.1) is 31.8 Å². The lowest BCUT2D eigenvalue weighted by molar-refractivity contribution is -0.121. The smallest absolute Gasteiger partial charge is 0.274 e. The van der Waals surface area contributed by atoms with Crippen molar-refractivity contribution in [3.05, 3.63) is 77.6 Å². The third kappa shape index (κ3) is 5.11. The average Bonchev–Trinajstić information content (AvgIpc) is 3.33. The van der Waals surface area contributed by atoms with E-state index in [1.54, 1.807) is 23.4 Å². The number of imidazole rings is 1. The number of rotatable bonds is 6. The van der Waals surface area contributed by atoms with Crippen LogP contribution in [-0.2, 0) is 22.7 Å². The Balaban J connectivity index is 1.16. The minimum atomic E-state index is -0.289. The summed E-state index contributed by atoms with van der Waals surface area (Å²) in [4.78, 5) is 32.1. The van der Waals surface area contributed by atoms with Gasteiger partial charge in [-0.2, -0.15) is 0 Å². The van der Waals surface area contributed by atoms with Crippen molar-refractivity contribution in [2.75, 3.05) is 25.0 Å². The van der Waals surface area contributed by atoms with Crippen LogP contribution in [0, 0.1) is 11.7 Å². The first-order valence-electron chi connectivity index (χ1n) is 12.3. The lowest BCUT2D eigenvalue weighted by Gasteiger charge is -2.31. The molecule has 1 fully saturated rings. The number of aromatic nitrogens is 2. The van der Waals surface area contributed by atoms with E-state index in [0.29, 0.717) is 44.8 Å². The van der Waals surface area contributed by atoms with Crippen molar-refractivity contribution >= 4 is 17.5 Å². The number of hydrogen-bond donors (Lipinski definition) is 1. The highest BCUT2D eigenvalue weighted by Gasteiger charge is 2.32. The van der Waals surface area contributed by atoms with E-state index in [-0.39, 0.29) is 36.3 Å². The fraction of sp³-hybridized carbons (Fsp3) is 0.370. The maximum absolute atomic E-state index is 13.2. The molecule has 2 aliphatic rings. The van der Waals surface area contributed by atoms with E-state index in [1.807, 2.05) is 35.8 Å². The number of amides is 2. The summed E-state index contributed by atoms with van der Waals surface area (Å²) >= 11 is 0. The summed E-state index contributed by atoms with van der Waals surface area (Å²) in [6, 6.07) is 13.6. The largest absolute Gasteiger partial charge is 0.494 e. The van der Waals surface area contributed by atoms with Crippen LogP contribution in [0.5, 0.6) is 5.75 Å². The Morgan fingerprint density at radius 3 is 2.53 bits per heavy atom. The van der Waals surface area contributed by atoms with Crippen molar-refractivity contribution in [2.24, 2.45) is 5.92 Å². The minimum absolute atomic E-state index is 0.0362. The number of halogens is 1. The molecule has 188 valence electrons. The summed E-state index contributed by atoms with van der Waals surface area (Å²) in [5, 5.41) is 2.96. The molecule has 9 heteroatoms. The number of anilines is 1. The Morgan fingerprint density at radius 2 is 1.83 bits per heavy atom. The molecule has 1 atom stereocenters. The number of carbonyl (C=O) groups is 2. The van der Waals surface area contributed by atoms with Crippen LogP contribution in [-0.4, -0.2) is 46.0 Å². The molecule has 0 radical (unpaired) electrons. The van der Waals surface area contributed by atoms with Gasteiger partial charge >= 0.3 is 0 Å². The molecule has 1 saturated heterocycles. The van der Waals surface area contributed by atoms with Gasteiger partial charge in [0.1, 0.15) is 17.7 Å². The Labute approximate surface area is 209 Å². The van der Waals surface area contributed by atoms with Crippen LogP contribution in [0.1, 0.15) is 47.6 Å². The first-order chi connectivity index (χ1) is 17.5. The molecule has 3 heterocycles. The van der Waals surface area contributed by atoms with E-state index in [0.717, 1.165) is 22.7 Å². The normalized spacial score (nSPS) is 17.9. The van der Waals surface area contributed by atoms with Crippen molar-refractivity contribution in [1.82, 2.24) is 14.5 Å². The highest BCUT2D eigenvalue weighted by Crippen LogP contribution is 2.29. The molecule has 36 heavy (non-hydrogen) atoms. The maximum Gasteiger partial charge on any atom is 0.274 e. The van der Waals surface area contributed by atoms with Crippen LogP contribution in [0.3, 0.4) is 0 Å². The molecule has 2 aromatic carbocycles. The van der Waals surface area contributed by atoms with Crippen LogP contribution >= 0.6 is 0 Å². The Kier molecular flexibility index (Phi) is 6.99. The molecule has 8 nitrogen and oxygen atoms in total. The second kappa shape index (κ2) is 10.5. The quantitative estimate of drug-likeness (QED) is 0.558. The molecule has 3 aromatic rings. The predicted octanol–water partition coefficient (Wildman–Crippen LogP) is 4.18. The van der Waals surface area contributed by atoms with Gasteiger partial charge in [-0.05, 0) is 61.7 Å². The van der Waals surface area contributed by atoms with Gasteiger partial charge in [-0.15, -0.1) is 0 Å². The minimum Gasteiger partial charge on any atom is -0.494 e. The summed E-state index contributed by atoms with van der Waals surface area (Å²) in [5.41, 5.74) is 2.75.